The summed E-state index contributed by atoms with van der Waals surface area (Å²) in [5, 5.41) is 3.42. The number of rotatable bonds is 7. The molecule has 2 saturated heterocycles. The number of likely N-dealkylation sites (tertiary alicyclic amines) is 1. The van der Waals surface area contributed by atoms with Crippen LogP contribution in [0.15, 0.2) is 30.5 Å². The van der Waals surface area contributed by atoms with Gasteiger partial charge >= 0.3 is 6.01 Å². The molecule has 3 heterocycles. The first kappa shape index (κ1) is 20.0. The van der Waals surface area contributed by atoms with E-state index >= 15 is 0 Å². The third kappa shape index (κ3) is 4.52. The minimum absolute atomic E-state index is 0.497. The normalized spacial score (nSPS) is 26.6. The van der Waals surface area contributed by atoms with Gasteiger partial charge in [0.25, 0.3) is 0 Å². The predicted octanol–water partition coefficient (Wildman–Crippen LogP) is 4.03. The second-order valence-electron chi connectivity index (χ2n) is 9.48. The van der Waals surface area contributed by atoms with Crippen LogP contribution in [0.25, 0.3) is 0 Å². The molecule has 1 saturated carbocycles. The molecule has 1 aromatic carbocycles. The van der Waals surface area contributed by atoms with E-state index in [4.69, 9.17) is 9.72 Å². The molecule has 0 amide bonds. The number of hydrogen-bond donors (Lipinski definition) is 1. The average Bonchev–Trinajstić information content (AvgIpc) is 3.43. The van der Waals surface area contributed by atoms with Crippen LogP contribution in [0, 0.1) is 12.8 Å². The maximum atomic E-state index is 5.99. The summed E-state index contributed by atoms with van der Waals surface area (Å²) in [4.78, 5) is 11.7. The van der Waals surface area contributed by atoms with Gasteiger partial charge in [-0.05, 0) is 87.2 Å². The molecular formula is C25H34N4O. The lowest BCUT2D eigenvalue weighted by Gasteiger charge is -2.35. The predicted molar refractivity (Wildman–Crippen MR) is 119 cm³/mol. The number of aromatic nitrogens is 2. The van der Waals surface area contributed by atoms with E-state index in [0.29, 0.717) is 23.8 Å². The summed E-state index contributed by atoms with van der Waals surface area (Å²) in [5.74, 6) is 1.79. The second-order valence-corrected chi connectivity index (χ2v) is 9.48. The lowest BCUT2D eigenvalue weighted by Crippen LogP contribution is -2.27. The van der Waals surface area contributed by atoms with E-state index in [2.05, 4.69) is 46.4 Å². The number of nitrogens with one attached hydrogen (secondary N) is 1. The van der Waals surface area contributed by atoms with E-state index in [1.165, 1.54) is 55.5 Å². The number of hydrogen-bond acceptors (Lipinski definition) is 5. The molecule has 1 unspecified atom stereocenters. The molecule has 0 radical (unpaired) electrons. The van der Waals surface area contributed by atoms with E-state index in [1.54, 1.807) is 0 Å². The molecule has 1 atom stereocenters. The summed E-state index contributed by atoms with van der Waals surface area (Å²) in [7, 11) is 0. The van der Waals surface area contributed by atoms with Crippen molar-refractivity contribution in [3.05, 3.63) is 52.8 Å². The smallest absolute Gasteiger partial charge is 0.316 e. The highest BCUT2D eigenvalue weighted by atomic mass is 16.5. The Kier molecular flexibility index (Phi) is 6.00. The van der Waals surface area contributed by atoms with Crippen LogP contribution in [-0.2, 0) is 6.54 Å². The van der Waals surface area contributed by atoms with Crippen LogP contribution < -0.4 is 10.1 Å². The molecule has 3 fully saturated rings. The Morgan fingerprint density at radius 3 is 2.63 bits per heavy atom. The fourth-order valence-corrected chi connectivity index (χ4v) is 5.24. The summed E-state index contributed by atoms with van der Waals surface area (Å²) in [6.07, 6.45) is 8.20. The van der Waals surface area contributed by atoms with Gasteiger partial charge in [0.15, 0.2) is 0 Å². The monoisotopic (exact) mass is 406 g/mol. The quantitative estimate of drug-likeness (QED) is 0.752. The maximum Gasteiger partial charge on any atom is 0.316 e. The zero-order chi connectivity index (χ0) is 20.3. The third-order valence-electron chi connectivity index (χ3n) is 7.18. The van der Waals surface area contributed by atoms with Crippen molar-refractivity contribution in [2.24, 2.45) is 5.92 Å². The molecule has 1 aliphatic carbocycles. The van der Waals surface area contributed by atoms with Crippen molar-refractivity contribution in [2.75, 3.05) is 32.8 Å². The van der Waals surface area contributed by atoms with E-state index in [0.717, 1.165) is 38.4 Å². The summed E-state index contributed by atoms with van der Waals surface area (Å²) in [5.41, 5.74) is 5.27. The molecule has 0 bridgehead atoms. The molecule has 30 heavy (non-hydrogen) atoms. The van der Waals surface area contributed by atoms with Gasteiger partial charge in [-0.2, -0.15) is 4.98 Å². The van der Waals surface area contributed by atoms with Crippen LogP contribution in [0.5, 0.6) is 6.01 Å². The van der Waals surface area contributed by atoms with Gasteiger partial charge in [0.05, 0.1) is 12.3 Å². The van der Waals surface area contributed by atoms with Gasteiger partial charge < -0.3 is 10.1 Å². The van der Waals surface area contributed by atoms with E-state index < -0.39 is 0 Å². The molecule has 0 spiro atoms. The first-order valence-electron chi connectivity index (χ1n) is 11.7. The van der Waals surface area contributed by atoms with E-state index in [-0.39, 0.29) is 0 Å². The standard InChI is InChI=1S/C25H34N4O/c1-18-14-27-25(28-24(18)22-8-9-26-15-22)30-17-20-12-23(13-20)21-6-4-19(5-7-21)16-29-10-2-3-11-29/h4-7,14,20,22-23,26H,2-3,8-13,15-17H2,1H3. The van der Waals surface area contributed by atoms with Crippen molar-refractivity contribution in [3.63, 3.8) is 0 Å². The molecule has 3 aliphatic rings. The fourth-order valence-electron chi connectivity index (χ4n) is 5.24. The van der Waals surface area contributed by atoms with Crippen molar-refractivity contribution in [1.29, 1.82) is 0 Å². The Labute approximate surface area is 180 Å². The lowest BCUT2D eigenvalue weighted by molar-refractivity contribution is 0.149. The summed E-state index contributed by atoms with van der Waals surface area (Å²) in [6, 6.07) is 9.90. The van der Waals surface area contributed by atoms with Crippen LogP contribution >= 0.6 is 0 Å². The van der Waals surface area contributed by atoms with Crippen molar-refractivity contribution in [1.82, 2.24) is 20.2 Å². The fraction of sp³-hybridized carbons (Fsp3) is 0.600. The molecule has 160 valence electrons. The van der Waals surface area contributed by atoms with Crippen molar-refractivity contribution in [3.8, 4) is 6.01 Å². The zero-order valence-corrected chi connectivity index (χ0v) is 18.1. The van der Waals surface area contributed by atoms with Gasteiger partial charge in [0.1, 0.15) is 0 Å². The van der Waals surface area contributed by atoms with Crippen LogP contribution in [0.1, 0.15) is 66.3 Å². The Hall–Kier alpha value is -1.98. The highest BCUT2D eigenvalue weighted by Gasteiger charge is 2.31. The topological polar surface area (TPSA) is 50.3 Å². The third-order valence-corrected chi connectivity index (χ3v) is 7.18. The molecule has 2 aromatic rings. The van der Waals surface area contributed by atoms with Gasteiger partial charge in [0, 0.05) is 25.2 Å². The van der Waals surface area contributed by atoms with Gasteiger partial charge in [-0.1, -0.05) is 24.3 Å². The molecule has 5 heteroatoms. The molecule has 1 N–H and O–H groups in total. The summed E-state index contributed by atoms with van der Waals surface area (Å²) in [6.45, 7) is 8.55. The lowest BCUT2D eigenvalue weighted by atomic mass is 9.72. The van der Waals surface area contributed by atoms with Crippen LogP contribution in [-0.4, -0.2) is 47.7 Å². The summed E-state index contributed by atoms with van der Waals surface area (Å²) < 4.78 is 5.99. The molecular weight excluding hydrogens is 372 g/mol. The largest absolute Gasteiger partial charge is 0.463 e. The SMILES string of the molecule is Cc1cnc(OCC2CC(c3ccc(CN4CCCC4)cc3)C2)nc1C1CCNC1. The first-order chi connectivity index (χ1) is 14.7. The average molecular weight is 407 g/mol. The minimum Gasteiger partial charge on any atom is -0.463 e. The van der Waals surface area contributed by atoms with Gasteiger partial charge in [-0.25, -0.2) is 4.98 Å². The highest BCUT2D eigenvalue weighted by Crippen LogP contribution is 2.41. The number of benzene rings is 1. The number of ether oxygens (including phenoxy) is 1. The van der Waals surface area contributed by atoms with Gasteiger partial charge in [0.2, 0.25) is 0 Å². The van der Waals surface area contributed by atoms with Crippen LogP contribution in [0.2, 0.25) is 0 Å². The Morgan fingerprint density at radius 1 is 1.10 bits per heavy atom. The van der Waals surface area contributed by atoms with Crippen molar-refractivity contribution >= 4 is 0 Å². The zero-order valence-electron chi connectivity index (χ0n) is 18.1. The second kappa shape index (κ2) is 9.03. The highest BCUT2D eigenvalue weighted by molar-refractivity contribution is 5.27. The Morgan fingerprint density at radius 2 is 1.90 bits per heavy atom. The number of aryl methyl sites for hydroxylation is 1. The van der Waals surface area contributed by atoms with Crippen molar-refractivity contribution < 1.29 is 4.74 Å². The number of nitrogens with zero attached hydrogens (tertiary/aromatic N) is 3. The van der Waals surface area contributed by atoms with Gasteiger partial charge in [-0.15, -0.1) is 0 Å². The van der Waals surface area contributed by atoms with E-state index in [9.17, 15) is 0 Å². The molecule has 5 nitrogen and oxygen atoms in total. The van der Waals surface area contributed by atoms with E-state index in [1.807, 2.05) is 6.20 Å². The van der Waals surface area contributed by atoms with Crippen LogP contribution in [0.3, 0.4) is 0 Å². The molecule has 5 rings (SSSR count). The van der Waals surface area contributed by atoms with Gasteiger partial charge in [-0.3, -0.25) is 4.90 Å². The maximum absolute atomic E-state index is 5.99. The van der Waals surface area contributed by atoms with Crippen molar-refractivity contribution in [2.45, 2.75) is 57.4 Å². The molecule has 2 aliphatic heterocycles. The minimum atomic E-state index is 0.497. The molecule has 1 aromatic heterocycles. The Balaban J connectivity index is 1.09. The Bertz CT molecular complexity index is 835. The first-order valence-corrected chi connectivity index (χ1v) is 11.7. The van der Waals surface area contributed by atoms with Crippen LogP contribution in [0.4, 0.5) is 0 Å². The summed E-state index contributed by atoms with van der Waals surface area (Å²) >= 11 is 0.